The van der Waals surface area contributed by atoms with Gasteiger partial charge in [0.25, 0.3) is 5.91 Å². The smallest absolute Gasteiger partial charge is 0.251 e. The number of nitrogens with two attached hydrogens (primary N) is 1. The molecule has 1 aliphatic rings. The van der Waals surface area contributed by atoms with Crippen molar-refractivity contribution in [3.8, 4) is 0 Å². The van der Waals surface area contributed by atoms with Gasteiger partial charge < -0.3 is 11.1 Å². The molecule has 104 valence electrons. The second-order valence-corrected chi connectivity index (χ2v) is 6.46. The first-order valence-electron chi connectivity index (χ1n) is 6.49. The van der Waals surface area contributed by atoms with E-state index in [1.807, 2.05) is 11.8 Å². The average Bonchev–Trinajstić information content (AvgIpc) is 2.42. The van der Waals surface area contributed by atoms with E-state index in [0.717, 1.165) is 18.1 Å². The minimum absolute atomic E-state index is 0.0606. The van der Waals surface area contributed by atoms with Crippen molar-refractivity contribution >= 4 is 35.0 Å². The van der Waals surface area contributed by atoms with E-state index in [4.69, 9.17) is 17.3 Å². The van der Waals surface area contributed by atoms with Crippen LogP contribution in [0.4, 0.5) is 5.69 Å². The van der Waals surface area contributed by atoms with Crippen molar-refractivity contribution in [3.05, 3.63) is 28.8 Å². The Morgan fingerprint density at radius 1 is 1.37 bits per heavy atom. The number of rotatable bonds is 3. The van der Waals surface area contributed by atoms with Gasteiger partial charge in [-0.3, -0.25) is 4.79 Å². The van der Waals surface area contributed by atoms with E-state index in [1.165, 1.54) is 12.8 Å². The second-order valence-electron chi connectivity index (χ2n) is 4.92. The molecule has 0 heterocycles. The number of nitrogens with one attached hydrogen (secondary N) is 1. The van der Waals surface area contributed by atoms with Gasteiger partial charge in [0.2, 0.25) is 0 Å². The fraction of sp³-hybridized carbons (Fsp3) is 0.500. The van der Waals surface area contributed by atoms with Gasteiger partial charge in [-0.2, -0.15) is 11.8 Å². The number of halogens is 1. The predicted octanol–water partition coefficient (Wildman–Crippen LogP) is 3.33. The lowest BCUT2D eigenvalue weighted by Crippen LogP contribution is -2.38. The fourth-order valence-corrected chi connectivity index (χ4v) is 3.30. The Balaban J connectivity index is 1.92. The SMILES string of the molecule is CSC1CCC(NC(=O)c2ccc(N)c(Cl)c2)CC1. The summed E-state index contributed by atoms with van der Waals surface area (Å²) in [5.41, 5.74) is 6.71. The maximum Gasteiger partial charge on any atom is 0.251 e. The molecule has 0 aliphatic heterocycles. The number of benzene rings is 1. The molecule has 0 aromatic heterocycles. The second kappa shape index (κ2) is 6.53. The summed E-state index contributed by atoms with van der Waals surface area (Å²) in [4.78, 5) is 12.1. The van der Waals surface area contributed by atoms with Crippen LogP contribution in [0.1, 0.15) is 36.0 Å². The number of thioether (sulfide) groups is 1. The van der Waals surface area contributed by atoms with Crippen LogP contribution in [-0.2, 0) is 0 Å². The zero-order valence-corrected chi connectivity index (χ0v) is 12.6. The van der Waals surface area contributed by atoms with Gasteiger partial charge in [-0.05, 0) is 50.1 Å². The van der Waals surface area contributed by atoms with Crippen molar-refractivity contribution in [1.29, 1.82) is 0 Å². The Kier molecular flexibility index (Phi) is 4.99. The van der Waals surface area contributed by atoms with E-state index in [9.17, 15) is 4.79 Å². The topological polar surface area (TPSA) is 55.1 Å². The first-order chi connectivity index (χ1) is 9.10. The van der Waals surface area contributed by atoms with Crippen molar-refractivity contribution in [2.24, 2.45) is 0 Å². The van der Waals surface area contributed by atoms with Gasteiger partial charge >= 0.3 is 0 Å². The molecule has 0 atom stereocenters. The molecule has 1 aromatic carbocycles. The number of hydrogen-bond donors (Lipinski definition) is 2. The van der Waals surface area contributed by atoms with Gasteiger partial charge in [-0.1, -0.05) is 11.6 Å². The van der Waals surface area contributed by atoms with Crippen molar-refractivity contribution in [1.82, 2.24) is 5.32 Å². The predicted molar refractivity (Wildman–Crippen MR) is 82.9 cm³/mol. The molecule has 3 nitrogen and oxygen atoms in total. The molecule has 1 fully saturated rings. The van der Waals surface area contributed by atoms with Crippen molar-refractivity contribution in [3.63, 3.8) is 0 Å². The molecular weight excluding hydrogens is 280 g/mol. The Morgan fingerprint density at radius 2 is 2.05 bits per heavy atom. The van der Waals surface area contributed by atoms with Crippen LogP contribution in [0, 0.1) is 0 Å². The number of hydrogen-bond acceptors (Lipinski definition) is 3. The van der Waals surface area contributed by atoms with Crippen LogP contribution in [-0.4, -0.2) is 23.5 Å². The van der Waals surface area contributed by atoms with Crippen LogP contribution in [0.2, 0.25) is 5.02 Å². The number of nitrogen functional groups attached to an aromatic ring is 1. The molecule has 19 heavy (non-hydrogen) atoms. The van der Waals surface area contributed by atoms with Gasteiger partial charge in [0.1, 0.15) is 0 Å². The zero-order chi connectivity index (χ0) is 13.8. The molecule has 1 saturated carbocycles. The van der Waals surface area contributed by atoms with E-state index in [1.54, 1.807) is 18.2 Å². The van der Waals surface area contributed by atoms with Crippen molar-refractivity contribution < 1.29 is 4.79 Å². The van der Waals surface area contributed by atoms with Crippen LogP contribution in [0.15, 0.2) is 18.2 Å². The Hall–Kier alpha value is -0.870. The summed E-state index contributed by atoms with van der Waals surface area (Å²) in [5.74, 6) is -0.0606. The quantitative estimate of drug-likeness (QED) is 0.842. The summed E-state index contributed by atoms with van der Waals surface area (Å²) in [7, 11) is 0. The molecular formula is C14H19ClN2OS. The van der Waals surface area contributed by atoms with Gasteiger partial charge in [-0.25, -0.2) is 0 Å². The Labute approximate surface area is 123 Å². The van der Waals surface area contributed by atoms with Gasteiger partial charge in [0.05, 0.1) is 10.7 Å². The minimum Gasteiger partial charge on any atom is -0.398 e. The van der Waals surface area contributed by atoms with Gasteiger partial charge in [-0.15, -0.1) is 0 Å². The molecule has 0 spiro atoms. The highest BCUT2D eigenvalue weighted by Gasteiger charge is 2.22. The zero-order valence-electron chi connectivity index (χ0n) is 11.0. The van der Waals surface area contributed by atoms with E-state index in [0.29, 0.717) is 16.3 Å². The standard InChI is InChI=1S/C14H19ClN2OS/c1-19-11-5-3-10(4-6-11)17-14(18)9-2-7-13(16)12(15)8-9/h2,7-8,10-11H,3-6,16H2,1H3,(H,17,18). The van der Waals surface area contributed by atoms with E-state index in [2.05, 4.69) is 11.6 Å². The molecule has 0 unspecified atom stereocenters. The van der Waals surface area contributed by atoms with E-state index >= 15 is 0 Å². The molecule has 0 bridgehead atoms. The third kappa shape index (κ3) is 3.80. The summed E-state index contributed by atoms with van der Waals surface area (Å²) in [6, 6.07) is 5.29. The number of anilines is 1. The number of carbonyl (C=O) groups excluding carboxylic acids is 1. The lowest BCUT2D eigenvalue weighted by atomic mass is 9.94. The van der Waals surface area contributed by atoms with Crippen LogP contribution in [0.25, 0.3) is 0 Å². The first-order valence-corrected chi connectivity index (χ1v) is 8.15. The highest BCUT2D eigenvalue weighted by molar-refractivity contribution is 7.99. The third-order valence-corrected chi connectivity index (χ3v) is 5.07. The highest BCUT2D eigenvalue weighted by Crippen LogP contribution is 2.27. The fourth-order valence-electron chi connectivity index (χ4n) is 2.38. The maximum atomic E-state index is 12.1. The molecule has 5 heteroatoms. The Morgan fingerprint density at radius 3 is 2.63 bits per heavy atom. The third-order valence-electron chi connectivity index (χ3n) is 3.61. The normalized spacial score (nSPS) is 23.1. The largest absolute Gasteiger partial charge is 0.398 e. The van der Waals surface area contributed by atoms with E-state index < -0.39 is 0 Å². The molecule has 3 N–H and O–H groups in total. The van der Waals surface area contributed by atoms with E-state index in [-0.39, 0.29) is 11.9 Å². The lowest BCUT2D eigenvalue weighted by molar-refractivity contribution is 0.0928. The van der Waals surface area contributed by atoms with Crippen LogP contribution >= 0.6 is 23.4 Å². The molecule has 2 rings (SSSR count). The molecule has 0 radical (unpaired) electrons. The van der Waals surface area contributed by atoms with Crippen molar-refractivity contribution in [2.75, 3.05) is 12.0 Å². The molecule has 1 aliphatic carbocycles. The first kappa shape index (κ1) is 14.5. The summed E-state index contributed by atoms with van der Waals surface area (Å²) >= 11 is 7.85. The van der Waals surface area contributed by atoms with Gasteiger partial charge in [0, 0.05) is 16.9 Å². The maximum absolute atomic E-state index is 12.1. The van der Waals surface area contributed by atoms with Crippen LogP contribution < -0.4 is 11.1 Å². The monoisotopic (exact) mass is 298 g/mol. The average molecular weight is 299 g/mol. The van der Waals surface area contributed by atoms with Crippen molar-refractivity contribution in [2.45, 2.75) is 37.0 Å². The molecule has 1 amide bonds. The van der Waals surface area contributed by atoms with Gasteiger partial charge in [0.15, 0.2) is 0 Å². The summed E-state index contributed by atoms with van der Waals surface area (Å²) in [5, 5.41) is 4.26. The van der Waals surface area contributed by atoms with Crippen LogP contribution in [0.5, 0.6) is 0 Å². The lowest BCUT2D eigenvalue weighted by Gasteiger charge is -2.28. The molecule has 1 aromatic rings. The summed E-state index contributed by atoms with van der Waals surface area (Å²) < 4.78 is 0. The molecule has 0 saturated heterocycles. The van der Waals surface area contributed by atoms with Crippen LogP contribution in [0.3, 0.4) is 0 Å². The summed E-state index contributed by atoms with van der Waals surface area (Å²) in [6.07, 6.45) is 6.61. The summed E-state index contributed by atoms with van der Waals surface area (Å²) in [6.45, 7) is 0. The Bertz CT molecular complexity index is 459. The minimum atomic E-state index is -0.0606. The number of carbonyl (C=O) groups is 1. The highest BCUT2D eigenvalue weighted by atomic mass is 35.5. The number of amides is 1.